The third kappa shape index (κ3) is 4.63. The van der Waals surface area contributed by atoms with Crippen molar-refractivity contribution in [1.29, 1.82) is 0 Å². The summed E-state index contributed by atoms with van der Waals surface area (Å²) >= 11 is 0. The predicted molar refractivity (Wildman–Crippen MR) is 58.1 cm³/mol. The highest BCUT2D eigenvalue weighted by Gasteiger charge is 2.01. The van der Waals surface area contributed by atoms with Gasteiger partial charge < -0.3 is 10.6 Å². The third-order valence-electron chi connectivity index (χ3n) is 2.08. The second-order valence-electron chi connectivity index (χ2n) is 3.69. The van der Waals surface area contributed by atoms with Gasteiger partial charge in [0.05, 0.1) is 0 Å². The van der Waals surface area contributed by atoms with Crippen LogP contribution in [0.25, 0.3) is 0 Å². The second-order valence-corrected chi connectivity index (χ2v) is 3.69. The maximum Gasteiger partial charge on any atom is 0.185 e. The molecule has 0 aromatic heterocycles. The van der Waals surface area contributed by atoms with E-state index in [1.165, 1.54) is 0 Å². The Labute approximate surface area is 90.4 Å². The normalized spacial score (nSPS) is 11.9. The van der Waals surface area contributed by atoms with Crippen molar-refractivity contribution in [3.8, 4) is 0 Å². The molecule has 1 rings (SSSR count). The fourth-order valence-electron chi connectivity index (χ4n) is 0.908. The smallest absolute Gasteiger partial charge is 0.185 e. The van der Waals surface area contributed by atoms with E-state index in [9.17, 15) is 0 Å². The van der Waals surface area contributed by atoms with Gasteiger partial charge in [-0.05, 0) is 5.56 Å². The van der Waals surface area contributed by atoms with Gasteiger partial charge in [-0.1, -0.05) is 44.2 Å². The molecule has 0 atom stereocenters. The van der Waals surface area contributed by atoms with Gasteiger partial charge in [0.25, 0.3) is 0 Å². The quantitative estimate of drug-likeness (QED) is 0.347. The maximum atomic E-state index is 5.02. The molecule has 0 heterocycles. The third-order valence-corrected chi connectivity index (χ3v) is 2.08. The van der Waals surface area contributed by atoms with Gasteiger partial charge in [-0.2, -0.15) is 4.89 Å². The van der Waals surface area contributed by atoms with Crippen LogP contribution < -0.4 is 5.73 Å². The molecule has 0 fully saturated rings. The standard InChI is InChI=1S/C12H17NO2/c1-10(2)12(13)9-15-14-8-11-6-4-3-5-7-11/h3-7,9-10H,8,13H2,1-2H3/p+1/b12-9-. The summed E-state index contributed by atoms with van der Waals surface area (Å²) in [5.74, 6) is 0.380. The van der Waals surface area contributed by atoms with Gasteiger partial charge in [-0.3, -0.25) is 0 Å². The molecule has 0 amide bonds. The minimum absolute atomic E-state index is 0.380. The average Bonchev–Trinajstić information content (AvgIpc) is 2.25. The highest BCUT2D eigenvalue weighted by molar-refractivity contribution is 5.13. The molecular formula is C12H18NO2+. The summed E-state index contributed by atoms with van der Waals surface area (Å²) in [5.41, 5.74) is 5.84. The van der Waals surface area contributed by atoms with E-state index in [1.807, 2.05) is 30.3 Å². The van der Waals surface area contributed by atoms with Crippen LogP contribution >= 0.6 is 0 Å². The van der Waals surface area contributed by atoms with Crippen molar-refractivity contribution in [2.45, 2.75) is 20.5 Å². The number of quaternary nitrogens is 1. The molecule has 0 saturated heterocycles. The molecule has 0 bridgehead atoms. The molecule has 3 heteroatoms. The Morgan fingerprint density at radius 3 is 2.60 bits per heavy atom. The van der Waals surface area contributed by atoms with E-state index < -0.39 is 0 Å². The molecule has 0 spiro atoms. The molecule has 82 valence electrons. The van der Waals surface area contributed by atoms with Crippen molar-refractivity contribution >= 4 is 0 Å². The summed E-state index contributed by atoms with van der Waals surface area (Å²) in [5, 5.41) is 0. The average molecular weight is 208 g/mol. The van der Waals surface area contributed by atoms with Crippen LogP contribution in [0.1, 0.15) is 19.4 Å². The van der Waals surface area contributed by atoms with E-state index in [-0.39, 0.29) is 0 Å². The zero-order valence-electron chi connectivity index (χ0n) is 9.27. The van der Waals surface area contributed by atoms with Crippen LogP contribution in [0, 0.1) is 5.92 Å². The first-order valence-electron chi connectivity index (χ1n) is 5.04. The Kier molecular flexibility index (Phi) is 4.87. The van der Waals surface area contributed by atoms with E-state index >= 15 is 0 Å². The number of benzene rings is 1. The van der Waals surface area contributed by atoms with E-state index in [4.69, 9.17) is 9.78 Å². The maximum absolute atomic E-state index is 5.02. The zero-order valence-corrected chi connectivity index (χ0v) is 9.27. The number of hydrogen-bond acceptors (Lipinski definition) is 2. The second kappa shape index (κ2) is 6.22. The minimum atomic E-state index is 0.380. The van der Waals surface area contributed by atoms with E-state index in [0.29, 0.717) is 12.5 Å². The first-order chi connectivity index (χ1) is 7.20. The molecule has 1 aromatic rings. The van der Waals surface area contributed by atoms with Crippen molar-refractivity contribution in [3.05, 3.63) is 47.9 Å². The van der Waals surface area contributed by atoms with Crippen molar-refractivity contribution in [2.24, 2.45) is 5.92 Å². The van der Waals surface area contributed by atoms with Crippen LogP contribution in [0.2, 0.25) is 0 Å². The molecular weight excluding hydrogens is 190 g/mol. The monoisotopic (exact) mass is 208 g/mol. The van der Waals surface area contributed by atoms with E-state index in [1.54, 1.807) is 6.26 Å². The number of allylic oxidation sites excluding steroid dienone is 1. The lowest BCUT2D eigenvalue weighted by molar-refractivity contribution is -0.330. The number of rotatable bonds is 5. The fraction of sp³-hybridized carbons (Fsp3) is 0.333. The molecule has 0 aliphatic rings. The Morgan fingerprint density at radius 2 is 2.00 bits per heavy atom. The zero-order chi connectivity index (χ0) is 11.1. The van der Waals surface area contributed by atoms with Gasteiger partial charge in [0.1, 0.15) is 12.3 Å². The molecule has 0 aliphatic carbocycles. The lowest BCUT2D eigenvalue weighted by Crippen LogP contribution is -2.49. The van der Waals surface area contributed by atoms with Crippen LogP contribution in [-0.2, 0) is 16.4 Å². The largest absolute Gasteiger partial charge is 0.339 e. The summed E-state index contributed by atoms with van der Waals surface area (Å²) in [7, 11) is 0. The van der Waals surface area contributed by atoms with Gasteiger partial charge in [-0.15, -0.1) is 0 Å². The summed E-state index contributed by atoms with van der Waals surface area (Å²) in [6, 6.07) is 9.88. The molecule has 3 nitrogen and oxygen atoms in total. The first-order valence-corrected chi connectivity index (χ1v) is 5.04. The lowest BCUT2D eigenvalue weighted by atomic mass is 10.2. The van der Waals surface area contributed by atoms with Crippen molar-refractivity contribution in [2.75, 3.05) is 0 Å². The topological polar surface area (TPSA) is 46.1 Å². The lowest BCUT2D eigenvalue weighted by Gasteiger charge is -2.02. The first kappa shape index (κ1) is 11.8. The van der Waals surface area contributed by atoms with Gasteiger partial charge >= 0.3 is 0 Å². The van der Waals surface area contributed by atoms with Gasteiger partial charge in [0.2, 0.25) is 0 Å². The molecule has 0 unspecified atom stereocenters. The van der Waals surface area contributed by atoms with Crippen LogP contribution in [-0.4, -0.2) is 0 Å². The Morgan fingerprint density at radius 1 is 1.33 bits per heavy atom. The van der Waals surface area contributed by atoms with Crippen molar-refractivity contribution in [1.82, 2.24) is 0 Å². The molecule has 1 aromatic carbocycles. The molecule has 0 saturated carbocycles. The van der Waals surface area contributed by atoms with Crippen molar-refractivity contribution < 1.29 is 15.5 Å². The van der Waals surface area contributed by atoms with Gasteiger partial charge in [0, 0.05) is 5.92 Å². The predicted octanol–water partition coefficient (Wildman–Crippen LogP) is 1.87. The van der Waals surface area contributed by atoms with Gasteiger partial charge in [0.15, 0.2) is 6.26 Å². The SMILES string of the molecule is CC(C)/C([NH3+])=C/OOCc1ccccc1. The molecule has 0 aliphatic heterocycles. The highest BCUT2D eigenvalue weighted by atomic mass is 17.2. The summed E-state index contributed by atoms with van der Waals surface area (Å²) < 4.78 is 0. The molecule has 15 heavy (non-hydrogen) atoms. The van der Waals surface area contributed by atoms with E-state index in [2.05, 4.69) is 19.6 Å². The Balaban J connectivity index is 2.26. The van der Waals surface area contributed by atoms with Crippen LogP contribution in [0.15, 0.2) is 42.3 Å². The van der Waals surface area contributed by atoms with E-state index in [0.717, 1.165) is 11.3 Å². The fourth-order valence-corrected chi connectivity index (χ4v) is 0.908. The molecule has 3 N–H and O–H groups in total. The summed E-state index contributed by atoms with van der Waals surface area (Å²) in [6.45, 7) is 4.56. The van der Waals surface area contributed by atoms with Crippen molar-refractivity contribution in [3.63, 3.8) is 0 Å². The Bertz CT molecular complexity index is 307. The Hall–Kier alpha value is -1.32. The van der Waals surface area contributed by atoms with Crippen LogP contribution in [0.3, 0.4) is 0 Å². The number of hydrogen-bond donors (Lipinski definition) is 1. The highest BCUT2D eigenvalue weighted by Crippen LogP contribution is 2.03. The minimum Gasteiger partial charge on any atom is -0.339 e. The van der Waals surface area contributed by atoms with Crippen LogP contribution in [0.5, 0.6) is 0 Å². The van der Waals surface area contributed by atoms with Gasteiger partial charge in [-0.25, -0.2) is 0 Å². The summed E-state index contributed by atoms with van der Waals surface area (Å²) in [4.78, 5) is 9.96. The molecule has 0 radical (unpaired) electrons. The summed E-state index contributed by atoms with van der Waals surface area (Å²) in [6.07, 6.45) is 1.55. The van der Waals surface area contributed by atoms with Crippen LogP contribution in [0.4, 0.5) is 0 Å².